The van der Waals surface area contributed by atoms with E-state index in [1.54, 1.807) is 74.4 Å². The molecule has 0 bridgehead atoms. The monoisotopic (exact) mass is 596 g/mol. The van der Waals surface area contributed by atoms with Gasteiger partial charge in [-0.25, -0.2) is 23.4 Å². The van der Waals surface area contributed by atoms with Crippen molar-refractivity contribution < 1.29 is 37.0 Å². The zero-order valence-electron chi connectivity index (χ0n) is 25.8. The number of amides is 2. The summed E-state index contributed by atoms with van der Waals surface area (Å²) in [7, 11) is 1.47. The van der Waals surface area contributed by atoms with Crippen LogP contribution in [0.1, 0.15) is 76.1 Å². The number of rotatable bonds is 4. The number of halogens is 2. The Morgan fingerprint density at radius 2 is 1.63 bits per heavy atom. The molecule has 43 heavy (non-hydrogen) atoms. The number of hydrogen-bond acceptors (Lipinski definition) is 8. The fourth-order valence-corrected chi connectivity index (χ4v) is 4.90. The van der Waals surface area contributed by atoms with Crippen LogP contribution < -0.4 is 9.64 Å². The molecule has 0 saturated carbocycles. The first-order chi connectivity index (χ1) is 19.9. The molecule has 0 aliphatic rings. The van der Waals surface area contributed by atoms with Gasteiger partial charge in [-0.05, 0) is 73.9 Å². The molecule has 2 amide bonds. The third-order valence-corrected chi connectivity index (χ3v) is 6.40. The second-order valence-electron chi connectivity index (χ2n) is 12.1. The van der Waals surface area contributed by atoms with E-state index >= 15 is 0 Å². The number of hydrogen-bond donors (Lipinski definition) is 0. The summed E-state index contributed by atoms with van der Waals surface area (Å²) in [6.07, 6.45) is -5.49. The number of benzene rings is 1. The number of nitriles is 1. The second-order valence-corrected chi connectivity index (χ2v) is 12.1. The molecular formula is C31H34F2N4O6. The lowest BCUT2D eigenvalue weighted by atomic mass is 10.1. The van der Waals surface area contributed by atoms with Crippen molar-refractivity contribution in [1.82, 2.24) is 9.55 Å². The predicted molar refractivity (Wildman–Crippen MR) is 156 cm³/mol. The minimum absolute atomic E-state index is 0.0107. The molecule has 1 aromatic carbocycles. The Labute approximate surface area is 247 Å². The third kappa shape index (κ3) is 5.71. The summed E-state index contributed by atoms with van der Waals surface area (Å²) in [6.45, 7) is 14.7. The lowest BCUT2D eigenvalue weighted by Gasteiger charge is -2.30. The van der Waals surface area contributed by atoms with Gasteiger partial charge in [-0.2, -0.15) is 10.2 Å². The first-order valence-electron chi connectivity index (χ1n) is 13.5. The summed E-state index contributed by atoms with van der Waals surface area (Å²) < 4.78 is 53.5. The van der Waals surface area contributed by atoms with Gasteiger partial charge in [0.1, 0.15) is 51.1 Å². The number of carbonyl (C=O) groups excluding carboxylic acids is 2. The van der Waals surface area contributed by atoms with Crippen LogP contribution in [0.4, 0.5) is 24.2 Å². The number of methoxy groups -OCH3 is 1. The topological polar surface area (TPSA) is 120 Å². The van der Waals surface area contributed by atoms with E-state index in [0.717, 1.165) is 0 Å². The summed E-state index contributed by atoms with van der Waals surface area (Å²) in [6, 6.07) is 6.90. The van der Waals surface area contributed by atoms with Crippen molar-refractivity contribution in [2.75, 3.05) is 12.0 Å². The van der Waals surface area contributed by atoms with Gasteiger partial charge >= 0.3 is 12.2 Å². The Morgan fingerprint density at radius 3 is 2.12 bits per heavy atom. The molecule has 0 spiro atoms. The van der Waals surface area contributed by atoms with E-state index < -0.39 is 41.1 Å². The molecule has 10 nitrogen and oxygen atoms in total. The van der Waals surface area contributed by atoms with E-state index in [2.05, 4.69) is 4.98 Å². The first-order valence-corrected chi connectivity index (χ1v) is 13.5. The van der Waals surface area contributed by atoms with Gasteiger partial charge in [-0.3, -0.25) is 4.57 Å². The van der Waals surface area contributed by atoms with Gasteiger partial charge in [-0.15, -0.1) is 0 Å². The van der Waals surface area contributed by atoms with Crippen molar-refractivity contribution in [2.45, 2.75) is 79.9 Å². The molecule has 0 aliphatic heterocycles. The molecule has 4 aromatic rings. The Bertz CT molecular complexity index is 1770. The zero-order valence-corrected chi connectivity index (χ0v) is 25.8. The number of furan rings is 1. The fourth-order valence-electron chi connectivity index (χ4n) is 4.90. The Hall–Kier alpha value is -4.66. The maximum Gasteiger partial charge on any atom is 0.425 e. The number of imide groups is 1. The van der Waals surface area contributed by atoms with E-state index in [-0.39, 0.29) is 27.8 Å². The molecule has 4 rings (SSSR count). The van der Waals surface area contributed by atoms with Gasteiger partial charge in [0.05, 0.1) is 18.2 Å². The van der Waals surface area contributed by atoms with Crippen molar-refractivity contribution in [3.05, 3.63) is 46.3 Å². The standard InChI is InChI=1S/C31H34F2N4O6/c1-15-11-12-20(40-10)17(3)23(15)36-24-21(22(26(32)33)35-19-13-16(2)41-25(19)24)18(14-34)27(36)37(28(38)42-30(4,5)6)29(39)43-31(7,8)9/h11-13,26H,1-10H3. The number of ether oxygens (including phenoxy) is 3. The van der Waals surface area contributed by atoms with Crippen molar-refractivity contribution in [3.8, 4) is 17.5 Å². The van der Waals surface area contributed by atoms with Crippen molar-refractivity contribution >= 4 is 40.0 Å². The number of pyridine rings is 1. The average Bonchev–Trinajstić information content (AvgIpc) is 3.38. The lowest BCUT2D eigenvalue weighted by Crippen LogP contribution is -2.45. The van der Waals surface area contributed by atoms with Crippen LogP contribution in [0.5, 0.6) is 5.75 Å². The highest BCUT2D eigenvalue weighted by Gasteiger charge is 2.40. The number of carbonyl (C=O) groups is 2. The number of fused-ring (bicyclic) bond motifs is 3. The zero-order chi connectivity index (χ0) is 32.2. The molecule has 0 N–H and O–H groups in total. The second kappa shape index (κ2) is 10.9. The third-order valence-electron chi connectivity index (χ3n) is 6.40. The summed E-state index contributed by atoms with van der Waals surface area (Å²) >= 11 is 0. The SMILES string of the molecule is COc1ccc(C)c(-n2c(N(C(=O)OC(C)(C)C)C(=O)OC(C)(C)C)c(C#N)c3c(C(F)F)nc4cc(C)oc4c32)c1C. The molecule has 228 valence electrons. The van der Waals surface area contributed by atoms with Crippen LogP contribution in [-0.2, 0) is 9.47 Å². The van der Waals surface area contributed by atoms with Crippen LogP contribution in [0, 0.1) is 32.1 Å². The van der Waals surface area contributed by atoms with E-state index in [1.807, 2.05) is 6.07 Å². The normalized spacial score (nSPS) is 12.1. The highest BCUT2D eigenvalue weighted by molar-refractivity contribution is 6.16. The quantitative estimate of drug-likeness (QED) is 0.231. The highest BCUT2D eigenvalue weighted by atomic mass is 19.3. The number of aromatic nitrogens is 2. The van der Waals surface area contributed by atoms with Crippen molar-refractivity contribution in [2.24, 2.45) is 0 Å². The molecule has 12 heteroatoms. The van der Waals surface area contributed by atoms with Crippen molar-refractivity contribution in [1.29, 1.82) is 5.26 Å². The summed E-state index contributed by atoms with van der Waals surface area (Å²) in [5, 5.41) is 10.3. The van der Waals surface area contributed by atoms with Crippen LogP contribution in [0.15, 0.2) is 22.6 Å². The maximum absolute atomic E-state index is 14.7. The smallest absolute Gasteiger partial charge is 0.425 e. The Balaban J connectivity index is 2.34. The van der Waals surface area contributed by atoms with Crippen LogP contribution in [0.2, 0.25) is 0 Å². The van der Waals surface area contributed by atoms with Gasteiger partial charge in [-0.1, -0.05) is 6.07 Å². The largest absolute Gasteiger partial charge is 0.496 e. The van der Waals surface area contributed by atoms with Gasteiger partial charge in [0.25, 0.3) is 6.43 Å². The van der Waals surface area contributed by atoms with Crippen LogP contribution in [-0.4, -0.2) is 40.0 Å². The van der Waals surface area contributed by atoms with Gasteiger partial charge in [0.2, 0.25) is 0 Å². The van der Waals surface area contributed by atoms with Crippen LogP contribution in [0.25, 0.3) is 27.7 Å². The van der Waals surface area contributed by atoms with Crippen molar-refractivity contribution in [3.63, 3.8) is 0 Å². The minimum Gasteiger partial charge on any atom is -0.496 e. The van der Waals surface area contributed by atoms with Gasteiger partial charge in [0.15, 0.2) is 11.4 Å². The average molecular weight is 597 g/mol. The Morgan fingerprint density at radius 1 is 1.05 bits per heavy atom. The van der Waals surface area contributed by atoms with Gasteiger partial charge in [0, 0.05) is 11.6 Å². The molecule has 0 atom stereocenters. The molecule has 0 saturated heterocycles. The van der Waals surface area contributed by atoms with Gasteiger partial charge < -0.3 is 18.6 Å². The van der Waals surface area contributed by atoms with E-state index in [9.17, 15) is 23.6 Å². The number of alkyl halides is 2. The number of nitrogens with zero attached hydrogens (tertiary/aromatic N) is 4. The summed E-state index contributed by atoms with van der Waals surface area (Å²) in [5.41, 5.74) is -1.60. The van der Waals surface area contributed by atoms with Crippen LogP contribution in [0.3, 0.4) is 0 Å². The number of aryl methyl sites for hydroxylation is 2. The fraction of sp³-hybridized carbons (Fsp3) is 0.419. The predicted octanol–water partition coefficient (Wildman–Crippen LogP) is 8.19. The van der Waals surface area contributed by atoms with E-state index in [1.165, 1.54) is 17.7 Å². The summed E-state index contributed by atoms with van der Waals surface area (Å²) in [4.78, 5) is 32.4. The summed E-state index contributed by atoms with van der Waals surface area (Å²) in [5.74, 6) is 0.437. The maximum atomic E-state index is 14.7. The molecular weight excluding hydrogens is 562 g/mol. The van der Waals surface area contributed by atoms with E-state index in [0.29, 0.717) is 33.2 Å². The lowest BCUT2D eigenvalue weighted by molar-refractivity contribution is 0.0428. The minimum atomic E-state index is -3.12. The molecule has 3 aromatic heterocycles. The van der Waals surface area contributed by atoms with Crippen LogP contribution >= 0.6 is 0 Å². The molecule has 0 unspecified atom stereocenters. The molecule has 3 heterocycles. The molecule has 0 fully saturated rings. The highest BCUT2D eigenvalue weighted by Crippen LogP contribution is 2.45. The molecule has 0 radical (unpaired) electrons. The first kappa shape index (κ1) is 31.3. The molecule has 0 aliphatic carbocycles. The Kier molecular flexibility index (Phi) is 7.91. The number of anilines is 1. The van der Waals surface area contributed by atoms with E-state index in [4.69, 9.17) is 18.6 Å².